The molecule has 0 amide bonds. The maximum atomic E-state index is 3.59. The van der Waals surface area contributed by atoms with Crippen LogP contribution in [-0.2, 0) is 13.1 Å². The molecular weight excluding hydrogens is 244 g/mol. The van der Waals surface area contributed by atoms with E-state index in [4.69, 9.17) is 0 Å². The molecule has 3 fully saturated rings. The molecule has 0 unspecified atom stereocenters. The van der Waals surface area contributed by atoms with Gasteiger partial charge in [-0.1, -0.05) is 24.3 Å². The molecule has 0 saturated heterocycles. The smallest absolute Gasteiger partial charge is 0.0236 e. The van der Waals surface area contributed by atoms with Crippen molar-refractivity contribution in [2.75, 3.05) is 6.54 Å². The third-order valence-corrected chi connectivity index (χ3v) is 4.83. The van der Waals surface area contributed by atoms with Crippen LogP contribution in [0, 0.1) is 5.92 Å². The molecule has 3 saturated carbocycles. The second-order valence-corrected chi connectivity index (χ2v) is 7.08. The summed E-state index contributed by atoms with van der Waals surface area (Å²) in [5, 5.41) is 3.59. The summed E-state index contributed by atoms with van der Waals surface area (Å²) in [4.78, 5) is 2.73. The summed E-state index contributed by atoms with van der Waals surface area (Å²) >= 11 is 0. The van der Waals surface area contributed by atoms with E-state index >= 15 is 0 Å². The highest BCUT2D eigenvalue weighted by Gasteiger charge is 2.33. The lowest BCUT2D eigenvalue weighted by atomic mass is 10.1. The van der Waals surface area contributed by atoms with Crippen LogP contribution in [0.3, 0.4) is 0 Å². The van der Waals surface area contributed by atoms with Gasteiger partial charge in [0.1, 0.15) is 0 Å². The van der Waals surface area contributed by atoms with Crippen molar-refractivity contribution in [3.63, 3.8) is 0 Å². The summed E-state index contributed by atoms with van der Waals surface area (Å²) in [5.74, 6) is 1.01. The van der Waals surface area contributed by atoms with Crippen LogP contribution in [0.15, 0.2) is 24.3 Å². The summed E-state index contributed by atoms with van der Waals surface area (Å²) in [6, 6.07) is 11.0. The van der Waals surface area contributed by atoms with Crippen LogP contribution in [0.4, 0.5) is 0 Å². The van der Waals surface area contributed by atoms with Gasteiger partial charge in [0.2, 0.25) is 0 Å². The molecule has 2 heteroatoms. The Morgan fingerprint density at radius 3 is 2.20 bits per heavy atom. The number of hydrogen-bond donors (Lipinski definition) is 1. The molecule has 20 heavy (non-hydrogen) atoms. The zero-order chi connectivity index (χ0) is 13.4. The number of rotatable bonds is 8. The zero-order valence-corrected chi connectivity index (χ0v) is 12.4. The van der Waals surface area contributed by atoms with Gasteiger partial charge in [0, 0.05) is 31.7 Å². The lowest BCUT2D eigenvalue weighted by Crippen LogP contribution is -2.27. The van der Waals surface area contributed by atoms with Crippen molar-refractivity contribution in [1.82, 2.24) is 10.2 Å². The lowest BCUT2D eigenvalue weighted by Gasteiger charge is -2.22. The van der Waals surface area contributed by atoms with E-state index in [1.165, 1.54) is 56.2 Å². The SMILES string of the molecule is c1cc(CN(CC2CC2)C2CC2)ccc1CNC1CC1. The minimum atomic E-state index is 0.804. The van der Waals surface area contributed by atoms with Gasteiger partial charge < -0.3 is 5.32 Å². The van der Waals surface area contributed by atoms with Crippen molar-refractivity contribution in [1.29, 1.82) is 0 Å². The van der Waals surface area contributed by atoms with E-state index < -0.39 is 0 Å². The van der Waals surface area contributed by atoms with Crippen LogP contribution >= 0.6 is 0 Å². The highest BCUT2D eigenvalue weighted by Crippen LogP contribution is 2.35. The van der Waals surface area contributed by atoms with Crippen molar-refractivity contribution in [3.8, 4) is 0 Å². The quantitative estimate of drug-likeness (QED) is 0.779. The number of nitrogens with one attached hydrogen (secondary N) is 1. The van der Waals surface area contributed by atoms with Crippen LogP contribution in [0.1, 0.15) is 49.7 Å². The Bertz CT molecular complexity index is 441. The monoisotopic (exact) mass is 270 g/mol. The van der Waals surface area contributed by atoms with Crippen molar-refractivity contribution in [2.45, 2.75) is 63.7 Å². The van der Waals surface area contributed by atoms with Crippen LogP contribution in [-0.4, -0.2) is 23.5 Å². The van der Waals surface area contributed by atoms with Crippen LogP contribution in [0.25, 0.3) is 0 Å². The Kier molecular flexibility index (Phi) is 3.53. The van der Waals surface area contributed by atoms with Gasteiger partial charge in [-0.3, -0.25) is 4.90 Å². The minimum Gasteiger partial charge on any atom is -0.310 e. The Hall–Kier alpha value is -0.860. The van der Waals surface area contributed by atoms with Crippen molar-refractivity contribution in [3.05, 3.63) is 35.4 Å². The molecule has 0 bridgehead atoms. The van der Waals surface area contributed by atoms with E-state index in [-0.39, 0.29) is 0 Å². The molecule has 0 atom stereocenters. The Morgan fingerprint density at radius 2 is 1.60 bits per heavy atom. The van der Waals surface area contributed by atoms with Gasteiger partial charge in [-0.05, 0) is 55.6 Å². The zero-order valence-electron chi connectivity index (χ0n) is 12.4. The van der Waals surface area contributed by atoms with Crippen LogP contribution in [0.2, 0.25) is 0 Å². The molecule has 1 aromatic carbocycles. The first-order valence-electron chi connectivity index (χ1n) is 8.42. The van der Waals surface area contributed by atoms with Crippen LogP contribution in [0.5, 0.6) is 0 Å². The van der Waals surface area contributed by atoms with Gasteiger partial charge in [0.25, 0.3) is 0 Å². The van der Waals surface area contributed by atoms with Gasteiger partial charge in [0.05, 0.1) is 0 Å². The number of nitrogens with zero attached hydrogens (tertiary/aromatic N) is 1. The third-order valence-electron chi connectivity index (χ3n) is 4.83. The largest absolute Gasteiger partial charge is 0.310 e. The molecule has 4 rings (SSSR count). The van der Waals surface area contributed by atoms with E-state index in [1.807, 2.05) is 0 Å². The maximum Gasteiger partial charge on any atom is 0.0236 e. The van der Waals surface area contributed by atoms with Gasteiger partial charge in [-0.15, -0.1) is 0 Å². The Balaban J connectivity index is 1.32. The summed E-state index contributed by atoms with van der Waals surface area (Å²) < 4.78 is 0. The molecule has 2 nitrogen and oxygen atoms in total. The van der Waals surface area contributed by atoms with Crippen molar-refractivity contribution in [2.24, 2.45) is 5.92 Å². The second kappa shape index (κ2) is 5.50. The first-order valence-corrected chi connectivity index (χ1v) is 8.42. The van der Waals surface area contributed by atoms with E-state index in [0.29, 0.717) is 0 Å². The number of hydrogen-bond acceptors (Lipinski definition) is 2. The maximum absolute atomic E-state index is 3.59. The second-order valence-electron chi connectivity index (χ2n) is 7.08. The normalized spacial score (nSPS) is 22.4. The molecule has 1 N–H and O–H groups in total. The van der Waals surface area contributed by atoms with Gasteiger partial charge in [-0.25, -0.2) is 0 Å². The number of benzene rings is 1. The van der Waals surface area contributed by atoms with E-state index in [2.05, 4.69) is 34.5 Å². The predicted molar refractivity (Wildman–Crippen MR) is 82.5 cm³/mol. The van der Waals surface area contributed by atoms with Gasteiger partial charge in [0.15, 0.2) is 0 Å². The van der Waals surface area contributed by atoms with Gasteiger partial charge in [-0.2, -0.15) is 0 Å². The molecule has 0 heterocycles. The summed E-state index contributed by atoms with van der Waals surface area (Å²) in [5.41, 5.74) is 2.92. The fraction of sp³-hybridized carbons (Fsp3) is 0.667. The molecule has 0 radical (unpaired) electrons. The molecule has 1 aromatic rings. The average Bonchev–Trinajstić information content (AvgIpc) is 3.30. The molecule has 0 aliphatic heterocycles. The molecule has 3 aliphatic rings. The molecule has 0 spiro atoms. The van der Waals surface area contributed by atoms with E-state index in [0.717, 1.165) is 31.1 Å². The topological polar surface area (TPSA) is 15.3 Å². The van der Waals surface area contributed by atoms with Crippen molar-refractivity contribution < 1.29 is 0 Å². The molecule has 3 aliphatic carbocycles. The molecule has 0 aromatic heterocycles. The predicted octanol–water partition coefficient (Wildman–Crippen LogP) is 3.31. The highest BCUT2D eigenvalue weighted by molar-refractivity contribution is 5.23. The summed E-state index contributed by atoms with van der Waals surface area (Å²) in [6.07, 6.45) is 8.53. The van der Waals surface area contributed by atoms with E-state index in [1.54, 1.807) is 0 Å². The fourth-order valence-corrected chi connectivity index (χ4v) is 2.96. The summed E-state index contributed by atoms with van der Waals surface area (Å²) in [7, 11) is 0. The third kappa shape index (κ3) is 3.62. The Morgan fingerprint density at radius 1 is 0.900 bits per heavy atom. The molecular formula is C18H26N2. The standard InChI is InChI=1S/C18H26N2/c1-3-15(4-2-14(1)11-19-17-7-8-17)12-20(18-9-10-18)13-16-5-6-16/h1-4,16-19H,5-13H2. The van der Waals surface area contributed by atoms with Gasteiger partial charge >= 0.3 is 0 Å². The fourth-order valence-electron chi connectivity index (χ4n) is 2.96. The Labute approximate surface area is 122 Å². The van der Waals surface area contributed by atoms with Crippen molar-refractivity contribution >= 4 is 0 Å². The minimum absolute atomic E-state index is 0.804. The first kappa shape index (κ1) is 12.8. The van der Waals surface area contributed by atoms with Crippen LogP contribution < -0.4 is 5.32 Å². The average molecular weight is 270 g/mol. The lowest BCUT2D eigenvalue weighted by molar-refractivity contribution is 0.244. The first-order chi connectivity index (χ1) is 9.87. The molecule has 108 valence electrons. The highest BCUT2D eigenvalue weighted by atomic mass is 15.2. The summed E-state index contributed by atoms with van der Waals surface area (Å²) in [6.45, 7) is 3.55. The van der Waals surface area contributed by atoms with E-state index in [9.17, 15) is 0 Å².